The first kappa shape index (κ1) is 34.8. The maximum absolute atomic E-state index is 13.2. The van der Waals surface area contributed by atoms with Crippen LogP contribution in [0.2, 0.25) is 0 Å². The minimum atomic E-state index is -0.479. The van der Waals surface area contributed by atoms with Gasteiger partial charge in [-0.25, -0.2) is 0 Å². The molecule has 0 bridgehead atoms. The third kappa shape index (κ3) is 8.21. The van der Waals surface area contributed by atoms with E-state index in [0.717, 1.165) is 0 Å². The van der Waals surface area contributed by atoms with E-state index in [1.807, 2.05) is 0 Å². The van der Waals surface area contributed by atoms with Crippen molar-refractivity contribution in [2.45, 2.75) is 0 Å². The first-order chi connectivity index (χ1) is 22.6. The van der Waals surface area contributed by atoms with E-state index < -0.39 is 23.6 Å². The van der Waals surface area contributed by atoms with Gasteiger partial charge in [0.05, 0.1) is 28.1 Å². The van der Waals surface area contributed by atoms with Gasteiger partial charge in [0.25, 0.3) is 29.5 Å². The number of hydrogen-bond donors (Lipinski definition) is 7. The lowest BCUT2D eigenvalue weighted by atomic mass is 10.3. The van der Waals surface area contributed by atoms with Crippen LogP contribution in [-0.2, 0) is 33.0 Å². The van der Waals surface area contributed by atoms with Crippen molar-refractivity contribution in [3.8, 4) is 0 Å². The minimum absolute atomic E-state index is 0.0713. The molecular weight excluding hydrogens is 688 g/mol. The van der Waals surface area contributed by atoms with Gasteiger partial charge in [-0.3, -0.25) is 29.0 Å². The van der Waals surface area contributed by atoms with Gasteiger partial charge in [0, 0.05) is 53.3 Å². The molecule has 0 spiro atoms. The maximum atomic E-state index is 13.2. The lowest BCUT2D eigenvalue weighted by molar-refractivity contribution is -0.112. The monoisotopic (exact) mass is 722 g/mol. The molecule has 0 saturated carbocycles. The fourth-order valence-corrected chi connectivity index (χ4v) is 4.75. The molecule has 4 aromatic rings. The maximum Gasteiger partial charge on any atom is 0.273 e. The SMILES string of the molecule is C=C(Br)C(=O)Nc1cc(C(=O)Nc2cc(C(=O)Nc3cc(C(=O)Nc4ccc(C(=O)NCCN=C(N)N)n4C)n(C)c3)n(C)c2)n(C)c1. The molecule has 4 heterocycles. The lowest BCUT2D eigenvalue weighted by Gasteiger charge is -2.10. The summed E-state index contributed by atoms with van der Waals surface area (Å²) in [6.07, 6.45) is 4.74. The highest BCUT2D eigenvalue weighted by Crippen LogP contribution is 2.21. The molecule has 0 aromatic carbocycles. The average molecular weight is 724 g/mol. The largest absolute Gasteiger partial charge is 0.370 e. The summed E-state index contributed by atoms with van der Waals surface area (Å²) >= 11 is 3.01. The Morgan fingerprint density at radius 3 is 1.62 bits per heavy atom. The van der Waals surface area contributed by atoms with Gasteiger partial charge in [-0.1, -0.05) is 6.58 Å². The molecule has 0 unspecified atom stereocenters. The van der Waals surface area contributed by atoms with E-state index in [2.05, 4.69) is 54.1 Å². The van der Waals surface area contributed by atoms with Gasteiger partial charge in [-0.15, -0.1) is 0 Å². The summed E-state index contributed by atoms with van der Waals surface area (Å²) in [6, 6.07) is 7.69. The Hall–Kier alpha value is -6.04. The molecule has 0 aliphatic carbocycles. The number of amides is 5. The molecule has 5 amide bonds. The molecule has 0 saturated heterocycles. The number of hydrogen-bond acceptors (Lipinski definition) is 6. The van der Waals surface area contributed by atoms with Gasteiger partial charge in [-0.2, -0.15) is 0 Å². The van der Waals surface area contributed by atoms with Crippen molar-refractivity contribution in [2.75, 3.05) is 34.4 Å². The zero-order valence-corrected chi connectivity index (χ0v) is 28.1. The van der Waals surface area contributed by atoms with Crippen molar-refractivity contribution in [3.63, 3.8) is 0 Å². The van der Waals surface area contributed by atoms with Crippen LogP contribution in [0.15, 0.2) is 65.0 Å². The molecule has 252 valence electrons. The smallest absolute Gasteiger partial charge is 0.273 e. The molecule has 4 rings (SSSR count). The number of nitrogens with zero attached hydrogens (tertiary/aromatic N) is 5. The summed E-state index contributed by atoms with van der Waals surface area (Å²) in [6.45, 7) is 3.97. The Morgan fingerprint density at radius 2 is 1.17 bits per heavy atom. The Bertz CT molecular complexity index is 1960. The van der Waals surface area contributed by atoms with E-state index in [4.69, 9.17) is 11.5 Å². The van der Waals surface area contributed by atoms with E-state index in [0.29, 0.717) is 28.6 Å². The van der Waals surface area contributed by atoms with Gasteiger partial charge in [0.2, 0.25) is 0 Å². The summed E-state index contributed by atoms with van der Waals surface area (Å²) in [4.78, 5) is 67.5. The second-order valence-electron chi connectivity index (χ2n) is 10.6. The van der Waals surface area contributed by atoms with E-state index in [1.165, 1.54) is 22.8 Å². The minimum Gasteiger partial charge on any atom is -0.370 e. The third-order valence-corrected chi connectivity index (χ3v) is 7.38. The highest BCUT2D eigenvalue weighted by molar-refractivity contribution is 9.12. The molecule has 9 N–H and O–H groups in total. The number of anilines is 4. The quantitative estimate of drug-likeness (QED) is 0.0494. The van der Waals surface area contributed by atoms with Crippen molar-refractivity contribution in [1.29, 1.82) is 0 Å². The molecule has 48 heavy (non-hydrogen) atoms. The number of guanidine groups is 1. The first-order valence-corrected chi connectivity index (χ1v) is 15.0. The number of aliphatic imine (C=N–C) groups is 1. The van der Waals surface area contributed by atoms with Crippen molar-refractivity contribution >= 4 is 74.3 Å². The molecule has 0 radical (unpaired) electrons. The van der Waals surface area contributed by atoms with Crippen molar-refractivity contribution < 1.29 is 24.0 Å². The average Bonchev–Trinajstić information content (AvgIpc) is 3.76. The lowest BCUT2D eigenvalue weighted by Crippen LogP contribution is -2.30. The Balaban J connectivity index is 1.38. The van der Waals surface area contributed by atoms with Crippen LogP contribution in [0.4, 0.5) is 22.9 Å². The van der Waals surface area contributed by atoms with Crippen molar-refractivity contribution in [1.82, 2.24) is 23.6 Å². The van der Waals surface area contributed by atoms with Crippen molar-refractivity contribution in [2.24, 2.45) is 44.7 Å². The highest BCUT2D eigenvalue weighted by atomic mass is 79.9. The van der Waals surface area contributed by atoms with E-state index in [1.54, 1.807) is 72.6 Å². The van der Waals surface area contributed by atoms with Crippen LogP contribution in [0.5, 0.6) is 0 Å². The molecule has 18 heteroatoms. The van der Waals surface area contributed by atoms with Crippen LogP contribution in [0.1, 0.15) is 42.0 Å². The van der Waals surface area contributed by atoms with Gasteiger partial charge >= 0.3 is 0 Å². The normalized spacial score (nSPS) is 10.6. The molecule has 4 aromatic heterocycles. The fourth-order valence-electron chi connectivity index (χ4n) is 4.66. The van der Waals surface area contributed by atoms with E-state index in [-0.39, 0.29) is 46.5 Å². The van der Waals surface area contributed by atoms with Crippen LogP contribution in [0.25, 0.3) is 0 Å². The molecule has 0 aliphatic heterocycles. The Kier molecular flexibility index (Phi) is 10.6. The number of aryl methyl sites for hydroxylation is 3. The fraction of sp³-hybridized carbons (Fsp3) is 0.200. The van der Waals surface area contributed by atoms with Crippen LogP contribution in [0, 0.1) is 0 Å². The summed E-state index contributed by atoms with van der Waals surface area (Å²) in [5.41, 5.74) is 12.8. The van der Waals surface area contributed by atoms with E-state index in [9.17, 15) is 24.0 Å². The summed E-state index contributed by atoms with van der Waals surface area (Å²) in [7, 11) is 6.59. The highest BCUT2D eigenvalue weighted by Gasteiger charge is 2.20. The zero-order valence-electron chi connectivity index (χ0n) is 26.6. The predicted octanol–water partition coefficient (Wildman–Crippen LogP) is 1.65. The number of nitrogens with one attached hydrogen (secondary N) is 5. The zero-order chi connectivity index (χ0) is 35.3. The molecule has 0 aliphatic rings. The summed E-state index contributed by atoms with van der Waals surface area (Å²) in [5, 5.41) is 13.6. The van der Waals surface area contributed by atoms with Gasteiger partial charge < -0.3 is 56.3 Å². The first-order valence-electron chi connectivity index (χ1n) is 14.2. The van der Waals surface area contributed by atoms with Crippen LogP contribution < -0.4 is 38.1 Å². The summed E-state index contributed by atoms with van der Waals surface area (Å²) < 4.78 is 6.32. The predicted molar refractivity (Wildman–Crippen MR) is 185 cm³/mol. The van der Waals surface area contributed by atoms with E-state index >= 15 is 0 Å². The molecule has 17 nitrogen and oxygen atoms in total. The Morgan fingerprint density at radius 1 is 0.708 bits per heavy atom. The second-order valence-corrected chi connectivity index (χ2v) is 11.6. The number of carbonyl (C=O) groups excluding carboxylic acids is 5. The number of carbonyl (C=O) groups is 5. The molecular formula is C30H35BrN12O5. The topological polar surface area (TPSA) is 230 Å². The molecule has 0 fully saturated rings. The van der Waals surface area contributed by atoms with Gasteiger partial charge in [0.15, 0.2) is 5.96 Å². The number of nitrogens with two attached hydrogens (primary N) is 2. The number of aromatic nitrogens is 4. The van der Waals surface area contributed by atoms with Crippen LogP contribution in [0.3, 0.4) is 0 Å². The van der Waals surface area contributed by atoms with Gasteiger partial charge in [-0.05, 0) is 46.3 Å². The number of halogens is 1. The summed E-state index contributed by atoms with van der Waals surface area (Å²) in [5.74, 6) is -1.91. The van der Waals surface area contributed by atoms with Crippen LogP contribution >= 0.6 is 15.9 Å². The Labute approximate surface area is 283 Å². The van der Waals surface area contributed by atoms with Crippen molar-refractivity contribution in [3.05, 3.63) is 82.8 Å². The van der Waals surface area contributed by atoms with Crippen LogP contribution in [-0.4, -0.2) is 66.9 Å². The second kappa shape index (κ2) is 14.6. The number of rotatable bonds is 12. The van der Waals surface area contributed by atoms with Gasteiger partial charge in [0.1, 0.15) is 28.6 Å². The standard InChI is InChI=1S/C30H35BrN12O5/c1-16(31)25(44)36-17-10-21(40(2)13-17)27(46)37-18-11-22(41(3)14-18)28(47)38-19-12-23(42(4)15-19)29(48)39-24-7-6-20(43(24)5)26(45)34-8-9-35-30(32)33/h6-7,10-15H,1,8-9H2,2-5H3,(H,34,45)(H,36,44)(H,37,46)(H,38,47)(H,39,48)(H4,32,33,35). The third-order valence-electron chi connectivity index (χ3n) is 7.02. The molecule has 0 atom stereocenters.